The first-order valence-electron chi connectivity index (χ1n) is 9.17. The summed E-state index contributed by atoms with van der Waals surface area (Å²) in [6.45, 7) is 4.29. The number of nitrogens with one attached hydrogen (secondary N) is 1. The summed E-state index contributed by atoms with van der Waals surface area (Å²) in [6.07, 6.45) is -0.609. The van der Waals surface area contributed by atoms with Crippen LogP contribution in [0.3, 0.4) is 0 Å². The minimum atomic E-state index is -0.609. The molecular weight excluding hydrogens is 354 g/mol. The molecule has 3 rings (SSSR count). The number of ether oxygens (including phenoxy) is 3. The van der Waals surface area contributed by atoms with Gasteiger partial charge in [0.1, 0.15) is 23.0 Å². The Hall–Kier alpha value is -3.47. The zero-order chi connectivity index (χ0) is 19.8. The fourth-order valence-corrected chi connectivity index (χ4v) is 2.51. The lowest BCUT2D eigenvalue weighted by molar-refractivity contribution is -0.122. The van der Waals surface area contributed by atoms with E-state index in [1.165, 1.54) is 0 Å². The van der Waals surface area contributed by atoms with E-state index in [9.17, 15) is 4.79 Å². The highest BCUT2D eigenvalue weighted by Crippen LogP contribution is 2.25. The van der Waals surface area contributed by atoms with Crippen molar-refractivity contribution in [2.24, 2.45) is 0 Å². The summed E-state index contributed by atoms with van der Waals surface area (Å²) in [5.74, 6) is 2.63. The summed E-state index contributed by atoms with van der Waals surface area (Å²) < 4.78 is 16.9. The monoisotopic (exact) mass is 377 g/mol. The van der Waals surface area contributed by atoms with Gasteiger partial charge in [0.25, 0.3) is 5.91 Å². The van der Waals surface area contributed by atoms with Crippen LogP contribution in [0.1, 0.15) is 13.8 Å². The van der Waals surface area contributed by atoms with Crippen LogP contribution in [0.2, 0.25) is 0 Å². The van der Waals surface area contributed by atoms with Crippen molar-refractivity contribution < 1.29 is 19.0 Å². The van der Waals surface area contributed by atoms with E-state index < -0.39 is 6.10 Å². The van der Waals surface area contributed by atoms with Gasteiger partial charge in [0.15, 0.2) is 6.10 Å². The molecule has 0 aliphatic rings. The second-order valence-electron chi connectivity index (χ2n) is 6.09. The van der Waals surface area contributed by atoms with Gasteiger partial charge in [-0.1, -0.05) is 18.2 Å². The SMILES string of the molecule is CCOc1ccc(Oc2ccc(NC(=O)[C@@H](C)Oc3ccccc3)cc2)cc1. The topological polar surface area (TPSA) is 56.8 Å². The molecule has 0 unspecified atom stereocenters. The van der Waals surface area contributed by atoms with Crippen LogP contribution in [0, 0.1) is 0 Å². The number of hydrogen-bond acceptors (Lipinski definition) is 4. The molecule has 28 heavy (non-hydrogen) atoms. The molecule has 144 valence electrons. The molecule has 0 bridgehead atoms. The van der Waals surface area contributed by atoms with E-state index in [0.29, 0.717) is 29.5 Å². The first-order chi connectivity index (χ1) is 13.6. The number of amides is 1. The van der Waals surface area contributed by atoms with E-state index in [4.69, 9.17) is 14.2 Å². The van der Waals surface area contributed by atoms with E-state index >= 15 is 0 Å². The highest BCUT2D eigenvalue weighted by atomic mass is 16.5. The normalized spacial score (nSPS) is 11.4. The van der Waals surface area contributed by atoms with E-state index in [0.717, 1.165) is 5.75 Å². The number of hydrogen-bond donors (Lipinski definition) is 1. The van der Waals surface area contributed by atoms with Crippen molar-refractivity contribution in [2.45, 2.75) is 20.0 Å². The van der Waals surface area contributed by atoms with Gasteiger partial charge in [0, 0.05) is 5.69 Å². The number of rotatable bonds is 8. The molecule has 3 aromatic carbocycles. The minimum Gasteiger partial charge on any atom is -0.494 e. The maximum atomic E-state index is 12.3. The van der Waals surface area contributed by atoms with Crippen molar-refractivity contribution >= 4 is 11.6 Å². The van der Waals surface area contributed by atoms with Crippen molar-refractivity contribution in [2.75, 3.05) is 11.9 Å². The third kappa shape index (κ3) is 5.51. The van der Waals surface area contributed by atoms with Crippen LogP contribution >= 0.6 is 0 Å². The Balaban J connectivity index is 1.54. The standard InChI is InChI=1S/C23H23NO4/c1-3-26-19-13-15-22(16-14-19)28-21-11-9-18(10-12-21)24-23(25)17(2)27-20-7-5-4-6-8-20/h4-17H,3H2,1-2H3,(H,24,25)/t17-/m1/s1. The molecule has 1 N–H and O–H groups in total. The van der Waals surface area contributed by atoms with Gasteiger partial charge in [-0.3, -0.25) is 4.79 Å². The van der Waals surface area contributed by atoms with E-state index in [1.54, 1.807) is 31.2 Å². The third-order valence-corrected chi connectivity index (χ3v) is 3.92. The Morgan fingerprint density at radius 1 is 0.821 bits per heavy atom. The molecule has 0 aromatic heterocycles. The van der Waals surface area contributed by atoms with Gasteiger partial charge in [-0.25, -0.2) is 0 Å². The Kier molecular flexibility index (Phi) is 6.52. The molecule has 0 saturated heterocycles. The maximum Gasteiger partial charge on any atom is 0.265 e. The molecular formula is C23H23NO4. The molecule has 0 fully saturated rings. The highest BCUT2D eigenvalue weighted by molar-refractivity contribution is 5.94. The van der Waals surface area contributed by atoms with Crippen LogP contribution in [0.15, 0.2) is 78.9 Å². The summed E-state index contributed by atoms with van der Waals surface area (Å²) in [5, 5.41) is 2.84. The van der Waals surface area contributed by atoms with Crippen molar-refractivity contribution in [3.8, 4) is 23.0 Å². The average Bonchev–Trinajstić information content (AvgIpc) is 2.72. The second-order valence-corrected chi connectivity index (χ2v) is 6.09. The van der Waals surface area contributed by atoms with Crippen LogP contribution in [-0.2, 0) is 4.79 Å². The van der Waals surface area contributed by atoms with Gasteiger partial charge in [0.2, 0.25) is 0 Å². The van der Waals surface area contributed by atoms with E-state index in [-0.39, 0.29) is 5.91 Å². The van der Waals surface area contributed by atoms with Crippen LogP contribution in [0.4, 0.5) is 5.69 Å². The van der Waals surface area contributed by atoms with E-state index in [1.807, 2.05) is 61.5 Å². The van der Waals surface area contributed by atoms with Crippen molar-refractivity contribution in [3.63, 3.8) is 0 Å². The van der Waals surface area contributed by atoms with Gasteiger partial charge in [-0.15, -0.1) is 0 Å². The lowest BCUT2D eigenvalue weighted by Crippen LogP contribution is -2.30. The minimum absolute atomic E-state index is 0.218. The summed E-state index contributed by atoms with van der Waals surface area (Å²) in [6, 6.07) is 23.9. The van der Waals surface area contributed by atoms with Gasteiger partial charge >= 0.3 is 0 Å². The first kappa shape index (κ1) is 19.3. The van der Waals surface area contributed by atoms with Gasteiger partial charge < -0.3 is 19.5 Å². The Bertz CT molecular complexity index is 877. The predicted octanol–water partition coefficient (Wildman–Crippen LogP) is 5.28. The Morgan fingerprint density at radius 3 is 2.00 bits per heavy atom. The number of carbonyl (C=O) groups is 1. The predicted molar refractivity (Wildman–Crippen MR) is 109 cm³/mol. The zero-order valence-electron chi connectivity index (χ0n) is 15.9. The molecule has 1 amide bonds. The maximum absolute atomic E-state index is 12.3. The van der Waals surface area contributed by atoms with Gasteiger partial charge in [-0.05, 0) is 74.5 Å². The lowest BCUT2D eigenvalue weighted by Gasteiger charge is -2.15. The molecule has 5 heteroatoms. The van der Waals surface area contributed by atoms with Crippen molar-refractivity contribution in [1.29, 1.82) is 0 Å². The number of benzene rings is 3. The zero-order valence-corrected chi connectivity index (χ0v) is 15.9. The number of para-hydroxylation sites is 1. The quantitative estimate of drug-likeness (QED) is 0.580. The molecule has 1 atom stereocenters. The van der Waals surface area contributed by atoms with Crippen LogP contribution in [0.25, 0.3) is 0 Å². The molecule has 0 aliphatic carbocycles. The van der Waals surface area contributed by atoms with Crippen molar-refractivity contribution in [1.82, 2.24) is 0 Å². The van der Waals surface area contributed by atoms with Crippen LogP contribution in [-0.4, -0.2) is 18.6 Å². The summed E-state index contributed by atoms with van der Waals surface area (Å²) in [7, 11) is 0. The lowest BCUT2D eigenvalue weighted by atomic mass is 10.2. The van der Waals surface area contributed by atoms with Crippen LogP contribution in [0.5, 0.6) is 23.0 Å². The smallest absolute Gasteiger partial charge is 0.265 e. The van der Waals surface area contributed by atoms with Gasteiger partial charge in [-0.2, -0.15) is 0 Å². The molecule has 0 heterocycles. The Morgan fingerprint density at radius 2 is 1.39 bits per heavy atom. The molecule has 0 radical (unpaired) electrons. The molecule has 3 aromatic rings. The molecule has 5 nitrogen and oxygen atoms in total. The molecule has 0 aliphatic heterocycles. The number of anilines is 1. The largest absolute Gasteiger partial charge is 0.494 e. The first-order valence-corrected chi connectivity index (χ1v) is 9.17. The highest BCUT2D eigenvalue weighted by Gasteiger charge is 2.14. The summed E-state index contributed by atoms with van der Waals surface area (Å²) in [4.78, 5) is 12.3. The third-order valence-electron chi connectivity index (χ3n) is 3.92. The Labute approximate surface area is 164 Å². The van der Waals surface area contributed by atoms with Crippen molar-refractivity contribution in [3.05, 3.63) is 78.9 Å². The fraction of sp³-hybridized carbons (Fsp3) is 0.174. The second kappa shape index (κ2) is 9.46. The average molecular weight is 377 g/mol. The summed E-state index contributed by atoms with van der Waals surface area (Å²) >= 11 is 0. The fourth-order valence-electron chi connectivity index (χ4n) is 2.51. The van der Waals surface area contributed by atoms with Gasteiger partial charge in [0.05, 0.1) is 6.61 Å². The van der Waals surface area contributed by atoms with Crippen LogP contribution < -0.4 is 19.5 Å². The van der Waals surface area contributed by atoms with E-state index in [2.05, 4.69) is 5.32 Å². The number of carbonyl (C=O) groups excluding carboxylic acids is 1. The summed E-state index contributed by atoms with van der Waals surface area (Å²) in [5.41, 5.74) is 0.674. The molecule has 0 saturated carbocycles. The molecule has 0 spiro atoms.